The SMILES string of the molecule is CC(C)(C)[C@@H]1OC(=O)[C@H](c2cccc(Cl)c2)O1. The highest BCUT2D eigenvalue weighted by molar-refractivity contribution is 6.30. The number of hydrogen-bond donors (Lipinski definition) is 0. The fourth-order valence-electron chi connectivity index (χ4n) is 1.64. The highest BCUT2D eigenvalue weighted by Crippen LogP contribution is 2.36. The second kappa shape index (κ2) is 4.31. The van der Waals surface area contributed by atoms with E-state index in [1.54, 1.807) is 18.2 Å². The molecule has 2 rings (SSSR count). The zero-order valence-corrected chi connectivity index (χ0v) is 10.8. The van der Waals surface area contributed by atoms with Crippen molar-refractivity contribution in [1.29, 1.82) is 0 Å². The molecule has 1 fully saturated rings. The van der Waals surface area contributed by atoms with E-state index in [0.717, 1.165) is 5.56 Å². The first-order valence-electron chi connectivity index (χ1n) is 5.49. The van der Waals surface area contributed by atoms with Crippen LogP contribution in [0.25, 0.3) is 0 Å². The smallest absolute Gasteiger partial charge is 0.342 e. The van der Waals surface area contributed by atoms with Gasteiger partial charge in [0.25, 0.3) is 0 Å². The number of carbonyl (C=O) groups is 1. The molecule has 92 valence electrons. The standard InChI is InChI=1S/C13H15ClO3/c1-13(2,3)12-16-10(11(15)17-12)8-5-4-6-9(14)7-8/h4-7,10,12H,1-3H3/t10-,12-/m0/s1. The summed E-state index contributed by atoms with van der Waals surface area (Å²) in [4.78, 5) is 11.8. The Hall–Kier alpha value is -1.06. The van der Waals surface area contributed by atoms with E-state index in [1.807, 2.05) is 26.8 Å². The lowest BCUT2D eigenvalue weighted by atomic mass is 9.96. The third-order valence-electron chi connectivity index (χ3n) is 2.56. The van der Waals surface area contributed by atoms with Gasteiger partial charge in [0.05, 0.1) is 0 Å². The molecule has 4 heteroatoms. The number of cyclic esters (lactones) is 1. The summed E-state index contributed by atoms with van der Waals surface area (Å²) in [5.74, 6) is -0.354. The zero-order chi connectivity index (χ0) is 12.6. The fraction of sp³-hybridized carbons (Fsp3) is 0.462. The van der Waals surface area contributed by atoms with Gasteiger partial charge in [-0.25, -0.2) is 4.79 Å². The molecule has 0 N–H and O–H groups in total. The van der Waals surface area contributed by atoms with Crippen molar-refractivity contribution in [3.05, 3.63) is 34.9 Å². The number of carbonyl (C=O) groups excluding carboxylic acids is 1. The van der Waals surface area contributed by atoms with Gasteiger partial charge in [0.1, 0.15) is 0 Å². The molecule has 1 heterocycles. The molecule has 0 bridgehead atoms. The Morgan fingerprint density at radius 2 is 2.00 bits per heavy atom. The van der Waals surface area contributed by atoms with Crippen molar-refractivity contribution >= 4 is 17.6 Å². The molecule has 0 unspecified atom stereocenters. The summed E-state index contributed by atoms with van der Waals surface area (Å²) < 4.78 is 10.9. The summed E-state index contributed by atoms with van der Waals surface area (Å²) in [6, 6.07) is 7.08. The van der Waals surface area contributed by atoms with E-state index in [2.05, 4.69) is 0 Å². The maximum atomic E-state index is 11.8. The molecule has 1 aromatic carbocycles. The van der Waals surface area contributed by atoms with Gasteiger partial charge in [0.2, 0.25) is 6.29 Å². The minimum atomic E-state index is -0.669. The molecular formula is C13H15ClO3. The highest BCUT2D eigenvalue weighted by Gasteiger charge is 2.42. The summed E-state index contributed by atoms with van der Waals surface area (Å²) in [5, 5.41) is 0.582. The Balaban J connectivity index is 2.22. The number of rotatable bonds is 1. The summed E-state index contributed by atoms with van der Waals surface area (Å²) >= 11 is 5.89. The summed E-state index contributed by atoms with van der Waals surface area (Å²) in [5.41, 5.74) is 0.498. The Labute approximate surface area is 106 Å². The normalized spacial score (nSPS) is 24.8. The first-order valence-corrected chi connectivity index (χ1v) is 5.87. The van der Waals surface area contributed by atoms with Crippen molar-refractivity contribution in [2.45, 2.75) is 33.2 Å². The third-order valence-corrected chi connectivity index (χ3v) is 2.79. The van der Waals surface area contributed by atoms with Crippen LogP contribution in [0.15, 0.2) is 24.3 Å². The average molecular weight is 255 g/mol. The topological polar surface area (TPSA) is 35.5 Å². The van der Waals surface area contributed by atoms with Gasteiger partial charge in [-0.3, -0.25) is 0 Å². The van der Waals surface area contributed by atoms with Crippen LogP contribution in [0, 0.1) is 5.41 Å². The molecule has 0 aromatic heterocycles. The van der Waals surface area contributed by atoms with Gasteiger partial charge in [-0.15, -0.1) is 0 Å². The molecule has 0 aliphatic carbocycles. The van der Waals surface area contributed by atoms with Crippen molar-refractivity contribution in [3.8, 4) is 0 Å². The minimum Gasteiger partial charge on any atom is -0.433 e. The number of halogens is 1. The van der Waals surface area contributed by atoms with E-state index < -0.39 is 12.4 Å². The monoisotopic (exact) mass is 254 g/mol. The third kappa shape index (κ3) is 2.61. The summed E-state index contributed by atoms with van der Waals surface area (Å²) in [6.07, 6.45) is -1.18. The first kappa shape index (κ1) is 12.4. The van der Waals surface area contributed by atoms with E-state index in [4.69, 9.17) is 21.1 Å². The van der Waals surface area contributed by atoms with E-state index in [1.165, 1.54) is 0 Å². The lowest BCUT2D eigenvalue weighted by molar-refractivity contribution is -0.154. The summed E-state index contributed by atoms with van der Waals surface area (Å²) in [6.45, 7) is 5.89. The number of esters is 1. The van der Waals surface area contributed by atoms with Crippen LogP contribution in [-0.4, -0.2) is 12.3 Å². The number of benzene rings is 1. The van der Waals surface area contributed by atoms with Crippen molar-refractivity contribution in [2.75, 3.05) is 0 Å². The van der Waals surface area contributed by atoms with E-state index in [9.17, 15) is 4.79 Å². The first-order chi connectivity index (χ1) is 7.88. The van der Waals surface area contributed by atoms with Crippen LogP contribution in [0.1, 0.15) is 32.4 Å². The molecule has 3 nitrogen and oxygen atoms in total. The average Bonchev–Trinajstić information content (AvgIpc) is 2.60. The van der Waals surface area contributed by atoms with Crippen molar-refractivity contribution < 1.29 is 14.3 Å². The summed E-state index contributed by atoms with van der Waals surface area (Å²) in [7, 11) is 0. The second-order valence-electron chi connectivity index (χ2n) is 5.21. The van der Waals surface area contributed by atoms with Gasteiger partial charge in [-0.05, 0) is 17.7 Å². The van der Waals surface area contributed by atoms with E-state index in [-0.39, 0.29) is 11.4 Å². The van der Waals surface area contributed by atoms with Gasteiger partial charge >= 0.3 is 5.97 Å². The highest BCUT2D eigenvalue weighted by atomic mass is 35.5. The Kier molecular flexibility index (Phi) is 3.15. The number of ether oxygens (including phenoxy) is 2. The van der Waals surface area contributed by atoms with Gasteiger partial charge in [-0.1, -0.05) is 44.5 Å². The molecule has 1 saturated heterocycles. The van der Waals surface area contributed by atoms with Gasteiger partial charge in [-0.2, -0.15) is 0 Å². The largest absolute Gasteiger partial charge is 0.433 e. The molecule has 0 amide bonds. The van der Waals surface area contributed by atoms with E-state index in [0.29, 0.717) is 5.02 Å². The lowest BCUT2D eigenvalue weighted by Gasteiger charge is -2.24. The lowest BCUT2D eigenvalue weighted by Crippen LogP contribution is -2.27. The molecule has 2 atom stereocenters. The van der Waals surface area contributed by atoms with Crippen molar-refractivity contribution in [2.24, 2.45) is 5.41 Å². The Morgan fingerprint density at radius 1 is 1.29 bits per heavy atom. The predicted octanol–water partition coefficient (Wildman–Crippen LogP) is 3.33. The quantitative estimate of drug-likeness (QED) is 0.721. The van der Waals surface area contributed by atoms with Crippen LogP contribution in [0.3, 0.4) is 0 Å². The van der Waals surface area contributed by atoms with Gasteiger partial charge in [0.15, 0.2) is 6.10 Å². The molecule has 0 spiro atoms. The molecule has 0 radical (unpaired) electrons. The van der Waals surface area contributed by atoms with Crippen molar-refractivity contribution in [3.63, 3.8) is 0 Å². The van der Waals surface area contributed by atoms with Crippen LogP contribution in [-0.2, 0) is 14.3 Å². The second-order valence-corrected chi connectivity index (χ2v) is 5.64. The molecule has 1 aromatic rings. The maximum Gasteiger partial charge on any atom is 0.342 e. The van der Waals surface area contributed by atoms with Crippen LogP contribution in [0.4, 0.5) is 0 Å². The minimum absolute atomic E-state index is 0.233. The maximum absolute atomic E-state index is 11.8. The molecule has 1 aliphatic rings. The van der Waals surface area contributed by atoms with Crippen LogP contribution in [0.5, 0.6) is 0 Å². The molecule has 0 saturated carbocycles. The van der Waals surface area contributed by atoms with Crippen molar-refractivity contribution in [1.82, 2.24) is 0 Å². The van der Waals surface area contributed by atoms with Crippen LogP contribution in [0.2, 0.25) is 5.02 Å². The molecule has 1 aliphatic heterocycles. The van der Waals surface area contributed by atoms with Crippen LogP contribution < -0.4 is 0 Å². The van der Waals surface area contributed by atoms with Gasteiger partial charge in [0, 0.05) is 10.4 Å². The zero-order valence-electron chi connectivity index (χ0n) is 10.1. The predicted molar refractivity (Wildman–Crippen MR) is 64.6 cm³/mol. The molecule has 17 heavy (non-hydrogen) atoms. The molecular weight excluding hydrogens is 240 g/mol. The fourth-order valence-corrected chi connectivity index (χ4v) is 1.84. The Morgan fingerprint density at radius 3 is 2.53 bits per heavy atom. The van der Waals surface area contributed by atoms with E-state index >= 15 is 0 Å². The van der Waals surface area contributed by atoms with Crippen LogP contribution >= 0.6 is 11.6 Å². The van der Waals surface area contributed by atoms with Gasteiger partial charge < -0.3 is 9.47 Å². The Bertz CT molecular complexity index is 437. The number of hydrogen-bond acceptors (Lipinski definition) is 3.